The van der Waals surface area contributed by atoms with Crippen LogP contribution in [0.15, 0.2) is 0 Å². The molecule has 3 heteroatoms. The minimum absolute atomic E-state index is 0.319. The number of hydrogen-bond acceptors (Lipinski definition) is 3. The van der Waals surface area contributed by atoms with Crippen molar-refractivity contribution >= 4 is 5.97 Å². The smallest absolute Gasteiger partial charge is 0.335 e. The van der Waals surface area contributed by atoms with Gasteiger partial charge in [0, 0.05) is 7.11 Å². The third-order valence-electron chi connectivity index (χ3n) is 1.09. The monoisotopic (exact) mass is 160 g/mol. The minimum atomic E-state index is -0.478. The first-order valence-corrected chi connectivity index (χ1v) is 3.62. The van der Waals surface area contributed by atoms with Gasteiger partial charge in [0.05, 0.1) is 0 Å². The molecule has 0 N–H and O–H groups in total. The van der Waals surface area contributed by atoms with Gasteiger partial charge in [-0.2, -0.15) is 0 Å². The normalized spacial score (nSPS) is 14.3. The Morgan fingerprint density at radius 2 is 1.82 bits per heavy atom. The molecule has 0 aliphatic heterocycles. The Morgan fingerprint density at radius 1 is 1.36 bits per heavy atom. The maximum Gasteiger partial charge on any atom is 0.335 e. The van der Waals surface area contributed by atoms with E-state index in [1.54, 1.807) is 6.92 Å². The fraction of sp³-hybridized carbons (Fsp3) is 0.875. The second-order valence-corrected chi connectivity index (χ2v) is 3.41. The van der Waals surface area contributed by atoms with Crippen LogP contribution < -0.4 is 0 Å². The minimum Gasteiger partial charge on any atom is -0.458 e. The van der Waals surface area contributed by atoms with E-state index in [-0.39, 0.29) is 5.97 Å². The molecule has 1 unspecified atom stereocenters. The Morgan fingerprint density at radius 3 is 2.09 bits per heavy atom. The van der Waals surface area contributed by atoms with Crippen LogP contribution in [0.25, 0.3) is 0 Å². The highest BCUT2D eigenvalue weighted by Crippen LogP contribution is 2.08. The van der Waals surface area contributed by atoms with Gasteiger partial charge in [-0.1, -0.05) is 0 Å². The van der Waals surface area contributed by atoms with E-state index in [0.29, 0.717) is 0 Å². The van der Waals surface area contributed by atoms with Gasteiger partial charge in [-0.05, 0) is 27.7 Å². The first-order chi connectivity index (χ1) is 4.87. The van der Waals surface area contributed by atoms with Gasteiger partial charge >= 0.3 is 5.97 Å². The van der Waals surface area contributed by atoms with Crippen molar-refractivity contribution in [2.75, 3.05) is 7.11 Å². The molecule has 0 aromatic carbocycles. The zero-order valence-corrected chi connectivity index (χ0v) is 7.80. The molecule has 1 atom stereocenters. The lowest BCUT2D eigenvalue weighted by molar-refractivity contribution is -0.165. The van der Waals surface area contributed by atoms with Crippen molar-refractivity contribution in [3.63, 3.8) is 0 Å². The van der Waals surface area contributed by atoms with Gasteiger partial charge < -0.3 is 9.47 Å². The van der Waals surface area contributed by atoms with Gasteiger partial charge in [0.15, 0.2) is 6.10 Å². The van der Waals surface area contributed by atoms with E-state index >= 15 is 0 Å². The van der Waals surface area contributed by atoms with Gasteiger partial charge in [-0.3, -0.25) is 0 Å². The van der Waals surface area contributed by atoms with E-state index in [2.05, 4.69) is 0 Å². The molecule has 0 aliphatic rings. The molecule has 0 aliphatic carbocycles. The average Bonchev–Trinajstić information content (AvgIpc) is 1.82. The van der Waals surface area contributed by atoms with E-state index in [1.807, 2.05) is 20.8 Å². The Hall–Kier alpha value is -0.570. The van der Waals surface area contributed by atoms with Crippen molar-refractivity contribution in [3.8, 4) is 0 Å². The van der Waals surface area contributed by atoms with Crippen LogP contribution >= 0.6 is 0 Å². The van der Waals surface area contributed by atoms with Gasteiger partial charge in [-0.25, -0.2) is 4.79 Å². The predicted molar refractivity (Wildman–Crippen MR) is 42.3 cm³/mol. The predicted octanol–water partition coefficient (Wildman–Crippen LogP) is 1.36. The molecule has 0 fully saturated rings. The second kappa shape index (κ2) is 3.72. The third-order valence-corrected chi connectivity index (χ3v) is 1.09. The summed E-state index contributed by atoms with van der Waals surface area (Å²) >= 11 is 0. The van der Waals surface area contributed by atoms with Crippen LogP contribution in [0.3, 0.4) is 0 Å². The number of methoxy groups -OCH3 is 1. The number of esters is 1. The zero-order chi connectivity index (χ0) is 9.07. The van der Waals surface area contributed by atoms with Gasteiger partial charge in [0.25, 0.3) is 0 Å². The largest absolute Gasteiger partial charge is 0.458 e. The van der Waals surface area contributed by atoms with Crippen molar-refractivity contribution in [2.45, 2.75) is 39.4 Å². The first kappa shape index (κ1) is 10.4. The molecule has 0 amide bonds. The Kier molecular flexibility index (Phi) is 3.52. The average molecular weight is 160 g/mol. The molecule has 0 bridgehead atoms. The van der Waals surface area contributed by atoms with Crippen molar-refractivity contribution in [1.29, 1.82) is 0 Å². The molecule has 0 rings (SSSR count). The van der Waals surface area contributed by atoms with Crippen LogP contribution in [-0.2, 0) is 14.3 Å². The van der Waals surface area contributed by atoms with Crippen molar-refractivity contribution in [2.24, 2.45) is 0 Å². The molecule has 0 heterocycles. The molecular weight excluding hydrogens is 144 g/mol. The summed E-state index contributed by atoms with van der Waals surface area (Å²) < 4.78 is 9.81. The van der Waals surface area contributed by atoms with Crippen LogP contribution in [0.2, 0.25) is 0 Å². The Labute approximate surface area is 67.7 Å². The van der Waals surface area contributed by atoms with Gasteiger partial charge in [-0.15, -0.1) is 0 Å². The van der Waals surface area contributed by atoms with E-state index in [9.17, 15) is 4.79 Å². The highest BCUT2D eigenvalue weighted by atomic mass is 16.6. The molecule has 0 radical (unpaired) electrons. The van der Waals surface area contributed by atoms with Crippen molar-refractivity contribution < 1.29 is 14.3 Å². The molecule has 0 aromatic heterocycles. The topological polar surface area (TPSA) is 35.5 Å². The Bertz CT molecular complexity index is 135. The summed E-state index contributed by atoms with van der Waals surface area (Å²) in [5.74, 6) is -0.319. The summed E-state index contributed by atoms with van der Waals surface area (Å²) in [6, 6.07) is 0. The third kappa shape index (κ3) is 4.79. The molecule has 3 nitrogen and oxygen atoms in total. The van der Waals surface area contributed by atoms with E-state index in [4.69, 9.17) is 9.47 Å². The van der Waals surface area contributed by atoms with Crippen LogP contribution in [0, 0.1) is 0 Å². The van der Waals surface area contributed by atoms with Crippen molar-refractivity contribution in [1.82, 2.24) is 0 Å². The fourth-order valence-corrected chi connectivity index (χ4v) is 0.481. The number of carbonyl (C=O) groups is 1. The second-order valence-electron chi connectivity index (χ2n) is 3.41. The number of hydrogen-bond donors (Lipinski definition) is 0. The van der Waals surface area contributed by atoms with Crippen LogP contribution in [-0.4, -0.2) is 24.8 Å². The van der Waals surface area contributed by atoms with Crippen LogP contribution in [0.1, 0.15) is 27.7 Å². The number of rotatable bonds is 2. The molecule has 66 valence electrons. The molecule has 0 spiro atoms. The summed E-state index contributed by atoms with van der Waals surface area (Å²) in [7, 11) is 1.48. The maximum absolute atomic E-state index is 11.0. The molecular formula is C8H16O3. The molecule has 0 aromatic rings. The fourth-order valence-electron chi connectivity index (χ4n) is 0.481. The van der Waals surface area contributed by atoms with E-state index < -0.39 is 11.7 Å². The highest BCUT2D eigenvalue weighted by molar-refractivity contribution is 5.74. The first-order valence-electron chi connectivity index (χ1n) is 3.62. The quantitative estimate of drug-likeness (QED) is 0.572. The standard InChI is InChI=1S/C8H16O3/c1-6(10-5)7(9)11-8(2,3)4/h6H,1-5H3. The number of ether oxygens (including phenoxy) is 2. The van der Waals surface area contributed by atoms with E-state index in [1.165, 1.54) is 7.11 Å². The van der Waals surface area contributed by atoms with Gasteiger partial charge in [0.2, 0.25) is 0 Å². The molecule has 11 heavy (non-hydrogen) atoms. The number of carbonyl (C=O) groups excluding carboxylic acids is 1. The summed E-state index contributed by atoms with van der Waals surface area (Å²) in [5, 5.41) is 0. The molecule has 0 saturated heterocycles. The van der Waals surface area contributed by atoms with Crippen molar-refractivity contribution in [3.05, 3.63) is 0 Å². The SMILES string of the molecule is COC(C)C(=O)OC(C)(C)C. The van der Waals surface area contributed by atoms with Crippen LogP contribution in [0.5, 0.6) is 0 Å². The lowest BCUT2D eigenvalue weighted by atomic mass is 10.2. The zero-order valence-electron chi connectivity index (χ0n) is 7.80. The summed E-state index contributed by atoms with van der Waals surface area (Å²) in [6.07, 6.45) is -0.478. The molecule has 0 saturated carbocycles. The van der Waals surface area contributed by atoms with Gasteiger partial charge in [0.1, 0.15) is 5.60 Å². The summed E-state index contributed by atoms with van der Waals surface area (Å²) in [5.41, 5.74) is -0.427. The summed E-state index contributed by atoms with van der Waals surface area (Å²) in [4.78, 5) is 11.0. The highest BCUT2D eigenvalue weighted by Gasteiger charge is 2.20. The van der Waals surface area contributed by atoms with E-state index in [0.717, 1.165) is 0 Å². The maximum atomic E-state index is 11.0. The Balaban J connectivity index is 3.88. The van der Waals surface area contributed by atoms with Crippen LogP contribution in [0.4, 0.5) is 0 Å². The summed E-state index contributed by atoms with van der Waals surface area (Å²) in [6.45, 7) is 7.14. The lowest BCUT2D eigenvalue weighted by Crippen LogP contribution is -2.31. The lowest BCUT2D eigenvalue weighted by Gasteiger charge is -2.21.